The fourth-order valence-electron chi connectivity index (χ4n) is 1.45. The van der Waals surface area contributed by atoms with E-state index in [0.29, 0.717) is 10.7 Å². The van der Waals surface area contributed by atoms with Crippen LogP contribution >= 0.6 is 22.9 Å². The van der Waals surface area contributed by atoms with Crippen molar-refractivity contribution in [1.29, 1.82) is 0 Å². The highest BCUT2D eigenvalue weighted by Crippen LogP contribution is 2.13. The van der Waals surface area contributed by atoms with Crippen LogP contribution in [0.1, 0.15) is 5.56 Å². The quantitative estimate of drug-likeness (QED) is 0.676. The molecule has 6 heteroatoms. The van der Waals surface area contributed by atoms with E-state index in [0.717, 1.165) is 5.56 Å². The lowest BCUT2D eigenvalue weighted by molar-refractivity contribution is -0.142. The molecule has 108 valence electrons. The van der Waals surface area contributed by atoms with Gasteiger partial charge in [0.15, 0.2) is 6.61 Å². The molecule has 1 amide bonds. The number of rotatable bonds is 5. The molecule has 0 radical (unpaired) electrons. The minimum atomic E-state index is -0.563. The zero-order chi connectivity index (χ0) is 15.1. The molecule has 4 nitrogen and oxygen atoms in total. The van der Waals surface area contributed by atoms with Gasteiger partial charge in [0.2, 0.25) is 0 Å². The average Bonchev–Trinajstić information content (AvgIpc) is 2.99. The second-order valence-electron chi connectivity index (χ2n) is 4.05. The lowest BCUT2D eigenvalue weighted by Gasteiger charge is -2.05. The molecule has 0 saturated carbocycles. The number of anilines is 1. The van der Waals surface area contributed by atoms with E-state index in [1.165, 1.54) is 17.4 Å². The molecule has 21 heavy (non-hydrogen) atoms. The first-order valence-corrected chi connectivity index (χ1v) is 7.38. The maximum Gasteiger partial charge on any atom is 0.331 e. The van der Waals surface area contributed by atoms with E-state index >= 15 is 0 Å². The molecule has 0 aliphatic rings. The third-order valence-corrected chi connectivity index (χ3v) is 3.38. The Morgan fingerprint density at radius 2 is 2.00 bits per heavy atom. The van der Waals surface area contributed by atoms with Gasteiger partial charge in [-0.1, -0.05) is 11.6 Å². The van der Waals surface area contributed by atoms with Crippen LogP contribution in [0.15, 0.2) is 47.2 Å². The Morgan fingerprint density at radius 1 is 1.24 bits per heavy atom. The van der Waals surface area contributed by atoms with Crippen LogP contribution in [0, 0.1) is 0 Å². The van der Waals surface area contributed by atoms with Crippen LogP contribution in [0.25, 0.3) is 6.08 Å². The SMILES string of the molecule is O=C(COC(=O)/C=C/c1ccsc1)Nc1ccc(Cl)cc1. The van der Waals surface area contributed by atoms with Crippen molar-refractivity contribution in [1.82, 2.24) is 0 Å². The predicted molar refractivity (Wildman–Crippen MR) is 84.4 cm³/mol. The Bertz CT molecular complexity index is 635. The van der Waals surface area contributed by atoms with Crippen molar-refractivity contribution >= 4 is 46.6 Å². The smallest absolute Gasteiger partial charge is 0.331 e. The van der Waals surface area contributed by atoms with Gasteiger partial charge in [-0.25, -0.2) is 4.79 Å². The fourth-order valence-corrected chi connectivity index (χ4v) is 2.20. The molecule has 2 rings (SSSR count). The Morgan fingerprint density at radius 3 is 2.67 bits per heavy atom. The molecule has 1 heterocycles. The van der Waals surface area contributed by atoms with Crippen LogP contribution in [0.5, 0.6) is 0 Å². The maximum atomic E-state index is 11.6. The van der Waals surface area contributed by atoms with Gasteiger partial charge in [-0.2, -0.15) is 11.3 Å². The Kier molecular flexibility index (Phi) is 5.54. The summed E-state index contributed by atoms with van der Waals surface area (Å²) in [6, 6.07) is 8.53. The summed E-state index contributed by atoms with van der Waals surface area (Å²) in [7, 11) is 0. The van der Waals surface area contributed by atoms with Crippen molar-refractivity contribution in [2.24, 2.45) is 0 Å². The molecule has 0 unspecified atom stereocenters. The molecule has 0 saturated heterocycles. The minimum Gasteiger partial charge on any atom is -0.452 e. The second kappa shape index (κ2) is 7.61. The largest absolute Gasteiger partial charge is 0.452 e. The summed E-state index contributed by atoms with van der Waals surface area (Å²) < 4.78 is 4.84. The molecule has 0 aliphatic carbocycles. The Labute approximate surface area is 131 Å². The molecule has 0 aliphatic heterocycles. The molecular formula is C15H12ClNO3S. The number of hydrogen-bond acceptors (Lipinski definition) is 4. The van der Waals surface area contributed by atoms with E-state index in [1.807, 2.05) is 16.8 Å². The summed E-state index contributed by atoms with van der Waals surface area (Å²) >= 11 is 7.27. The summed E-state index contributed by atoms with van der Waals surface area (Å²) in [5, 5.41) is 6.99. The second-order valence-corrected chi connectivity index (χ2v) is 5.27. The van der Waals surface area contributed by atoms with Crippen LogP contribution < -0.4 is 5.32 Å². The number of esters is 1. The minimum absolute atomic E-state index is 0.338. The molecular weight excluding hydrogens is 310 g/mol. The highest BCUT2D eigenvalue weighted by molar-refractivity contribution is 7.08. The van der Waals surface area contributed by atoms with Gasteiger partial charge in [0.25, 0.3) is 5.91 Å². The van der Waals surface area contributed by atoms with E-state index < -0.39 is 11.9 Å². The van der Waals surface area contributed by atoms with E-state index in [1.54, 1.807) is 30.3 Å². The zero-order valence-electron chi connectivity index (χ0n) is 10.9. The lowest BCUT2D eigenvalue weighted by Crippen LogP contribution is -2.20. The molecule has 0 spiro atoms. The molecule has 1 aromatic heterocycles. The number of benzene rings is 1. The van der Waals surface area contributed by atoms with Crippen LogP contribution in [0.4, 0.5) is 5.69 Å². The van der Waals surface area contributed by atoms with Crippen molar-refractivity contribution in [2.45, 2.75) is 0 Å². The van der Waals surface area contributed by atoms with E-state index in [2.05, 4.69) is 5.32 Å². The first-order chi connectivity index (χ1) is 10.1. The highest BCUT2D eigenvalue weighted by atomic mass is 35.5. The van der Waals surface area contributed by atoms with E-state index in [-0.39, 0.29) is 6.61 Å². The third kappa shape index (κ3) is 5.41. The standard InChI is InChI=1S/C15H12ClNO3S/c16-12-2-4-13(5-3-12)17-14(18)9-20-15(19)6-1-11-7-8-21-10-11/h1-8,10H,9H2,(H,17,18)/b6-1+. The van der Waals surface area contributed by atoms with Crippen LogP contribution in [0.3, 0.4) is 0 Å². The molecule has 1 aromatic carbocycles. The van der Waals surface area contributed by atoms with Gasteiger partial charge in [-0.15, -0.1) is 0 Å². The number of amides is 1. The van der Waals surface area contributed by atoms with E-state index in [4.69, 9.17) is 16.3 Å². The van der Waals surface area contributed by atoms with Crippen molar-refractivity contribution in [3.63, 3.8) is 0 Å². The summed E-state index contributed by atoms with van der Waals surface area (Å²) in [5.41, 5.74) is 1.51. The Balaban J connectivity index is 1.75. The number of halogens is 1. The van der Waals surface area contributed by atoms with Crippen LogP contribution in [-0.4, -0.2) is 18.5 Å². The monoisotopic (exact) mass is 321 g/mol. The molecule has 2 aromatic rings. The number of thiophene rings is 1. The molecule has 0 atom stereocenters. The number of carbonyl (C=O) groups is 2. The number of hydrogen-bond donors (Lipinski definition) is 1. The van der Waals surface area contributed by atoms with Crippen molar-refractivity contribution in [3.05, 3.63) is 57.8 Å². The topological polar surface area (TPSA) is 55.4 Å². The average molecular weight is 322 g/mol. The predicted octanol–water partition coefficient (Wildman–Crippen LogP) is 3.60. The van der Waals surface area contributed by atoms with Gasteiger partial charge in [0, 0.05) is 16.8 Å². The zero-order valence-corrected chi connectivity index (χ0v) is 12.5. The summed E-state index contributed by atoms with van der Waals surface area (Å²) in [5.74, 6) is -0.970. The number of nitrogens with one attached hydrogen (secondary N) is 1. The van der Waals surface area contributed by atoms with Gasteiger partial charge >= 0.3 is 5.97 Å². The van der Waals surface area contributed by atoms with Crippen molar-refractivity contribution in [2.75, 3.05) is 11.9 Å². The summed E-state index contributed by atoms with van der Waals surface area (Å²) in [6.07, 6.45) is 2.92. The molecule has 1 N–H and O–H groups in total. The normalized spacial score (nSPS) is 10.5. The lowest BCUT2D eigenvalue weighted by atomic mass is 10.3. The molecule has 0 bridgehead atoms. The van der Waals surface area contributed by atoms with Gasteiger partial charge in [0.05, 0.1) is 0 Å². The first-order valence-electron chi connectivity index (χ1n) is 6.06. The van der Waals surface area contributed by atoms with Gasteiger partial charge in [-0.05, 0) is 52.7 Å². The highest BCUT2D eigenvalue weighted by Gasteiger charge is 2.05. The number of ether oxygens (including phenoxy) is 1. The third-order valence-electron chi connectivity index (χ3n) is 2.43. The van der Waals surface area contributed by atoms with Crippen molar-refractivity contribution < 1.29 is 14.3 Å². The first kappa shape index (κ1) is 15.3. The number of carbonyl (C=O) groups excluding carboxylic acids is 2. The fraction of sp³-hybridized carbons (Fsp3) is 0.0667. The van der Waals surface area contributed by atoms with Gasteiger partial charge < -0.3 is 10.1 Å². The van der Waals surface area contributed by atoms with Gasteiger partial charge in [0.1, 0.15) is 0 Å². The Hall–Kier alpha value is -2.11. The maximum absolute atomic E-state index is 11.6. The van der Waals surface area contributed by atoms with Crippen LogP contribution in [-0.2, 0) is 14.3 Å². The summed E-state index contributed by atoms with van der Waals surface area (Å²) in [4.78, 5) is 23.0. The molecule has 0 fully saturated rings. The van der Waals surface area contributed by atoms with Gasteiger partial charge in [-0.3, -0.25) is 4.79 Å². The van der Waals surface area contributed by atoms with E-state index in [9.17, 15) is 9.59 Å². The summed E-state index contributed by atoms with van der Waals surface area (Å²) in [6.45, 7) is -0.338. The van der Waals surface area contributed by atoms with Crippen LogP contribution in [0.2, 0.25) is 5.02 Å². The van der Waals surface area contributed by atoms with Crippen molar-refractivity contribution in [3.8, 4) is 0 Å².